The second-order valence-corrected chi connectivity index (χ2v) is 3.15. The molecule has 2 rings (SSSR count). The number of aromatic nitrogens is 1. The third-order valence-electron chi connectivity index (χ3n) is 2.41. The highest BCUT2D eigenvalue weighted by Crippen LogP contribution is 2.27. The fraction of sp³-hybridized carbons (Fsp3) is 0.500. The van der Waals surface area contributed by atoms with Crippen molar-refractivity contribution in [1.82, 2.24) is 4.98 Å². The van der Waals surface area contributed by atoms with E-state index < -0.39 is 0 Å². The van der Waals surface area contributed by atoms with Gasteiger partial charge in [-0.3, -0.25) is 4.98 Å². The van der Waals surface area contributed by atoms with Crippen LogP contribution in [0.15, 0.2) is 12.3 Å². The zero-order valence-electron chi connectivity index (χ0n) is 7.34. The molecule has 1 aliphatic carbocycles. The molecule has 0 unspecified atom stereocenters. The van der Waals surface area contributed by atoms with Gasteiger partial charge >= 0.3 is 0 Å². The van der Waals surface area contributed by atoms with Crippen LogP contribution in [0.1, 0.15) is 24.1 Å². The molecule has 2 nitrogen and oxygen atoms in total. The highest BCUT2D eigenvalue weighted by atomic mass is 16.5. The predicted molar refractivity (Wildman–Crippen MR) is 47.4 cm³/mol. The standard InChI is InChI=1S/C10H13NO/c1-12-10-6-7-11-9-5-3-2-4-8(9)10/h6-7H,2-5H2,1H3. The van der Waals surface area contributed by atoms with Crippen LogP contribution < -0.4 is 4.74 Å². The Morgan fingerprint density at radius 1 is 1.33 bits per heavy atom. The van der Waals surface area contributed by atoms with Crippen molar-refractivity contribution in [2.24, 2.45) is 0 Å². The van der Waals surface area contributed by atoms with E-state index >= 15 is 0 Å². The van der Waals surface area contributed by atoms with Crippen LogP contribution in [0.25, 0.3) is 0 Å². The molecule has 0 saturated carbocycles. The van der Waals surface area contributed by atoms with E-state index in [1.165, 1.54) is 24.1 Å². The molecule has 0 amide bonds. The van der Waals surface area contributed by atoms with Gasteiger partial charge < -0.3 is 4.74 Å². The first-order valence-corrected chi connectivity index (χ1v) is 4.42. The van der Waals surface area contributed by atoms with Crippen LogP contribution in [-0.4, -0.2) is 12.1 Å². The smallest absolute Gasteiger partial charge is 0.125 e. The number of pyridine rings is 1. The summed E-state index contributed by atoms with van der Waals surface area (Å²) in [6.07, 6.45) is 6.63. The van der Waals surface area contributed by atoms with Gasteiger partial charge in [-0.05, 0) is 31.7 Å². The Balaban J connectivity index is 2.44. The number of methoxy groups -OCH3 is 1. The predicted octanol–water partition coefficient (Wildman–Crippen LogP) is 1.97. The Morgan fingerprint density at radius 3 is 3.00 bits per heavy atom. The molecule has 0 aromatic carbocycles. The Morgan fingerprint density at radius 2 is 2.17 bits per heavy atom. The lowest BCUT2D eigenvalue weighted by molar-refractivity contribution is 0.405. The van der Waals surface area contributed by atoms with Gasteiger partial charge in [0, 0.05) is 17.5 Å². The zero-order valence-corrected chi connectivity index (χ0v) is 7.34. The molecule has 0 bridgehead atoms. The number of hydrogen-bond acceptors (Lipinski definition) is 2. The molecule has 1 aromatic rings. The molecule has 1 heterocycles. The van der Waals surface area contributed by atoms with Crippen molar-refractivity contribution in [2.75, 3.05) is 7.11 Å². The van der Waals surface area contributed by atoms with Gasteiger partial charge in [0.1, 0.15) is 5.75 Å². The normalized spacial score (nSPS) is 15.4. The molecule has 0 N–H and O–H groups in total. The summed E-state index contributed by atoms with van der Waals surface area (Å²) in [5, 5.41) is 0. The largest absolute Gasteiger partial charge is 0.496 e. The lowest BCUT2D eigenvalue weighted by atomic mass is 9.95. The molecule has 64 valence electrons. The minimum atomic E-state index is 1.01. The number of ether oxygens (including phenoxy) is 1. The third kappa shape index (κ3) is 1.17. The van der Waals surface area contributed by atoms with Crippen molar-refractivity contribution in [3.05, 3.63) is 23.5 Å². The third-order valence-corrected chi connectivity index (χ3v) is 2.41. The van der Waals surface area contributed by atoms with Gasteiger partial charge in [-0.2, -0.15) is 0 Å². The zero-order chi connectivity index (χ0) is 8.39. The van der Waals surface area contributed by atoms with Crippen LogP contribution in [0.4, 0.5) is 0 Å². The van der Waals surface area contributed by atoms with Crippen LogP contribution in [-0.2, 0) is 12.8 Å². The maximum atomic E-state index is 5.27. The molecule has 0 radical (unpaired) electrons. The molecule has 1 aliphatic rings. The number of aryl methyl sites for hydroxylation is 1. The van der Waals surface area contributed by atoms with Gasteiger partial charge in [0.05, 0.1) is 7.11 Å². The van der Waals surface area contributed by atoms with Gasteiger partial charge in [0.25, 0.3) is 0 Å². The molecule has 0 aliphatic heterocycles. The summed E-state index contributed by atoms with van der Waals surface area (Å²) in [5.74, 6) is 1.01. The van der Waals surface area contributed by atoms with Gasteiger partial charge in [-0.1, -0.05) is 0 Å². The van der Waals surface area contributed by atoms with Crippen molar-refractivity contribution in [1.29, 1.82) is 0 Å². The first-order valence-electron chi connectivity index (χ1n) is 4.42. The monoisotopic (exact) mass is 163 g/mol. The summed E-state index contributed by atoms with van der Waals surface area (Å²) < 4.78 is 5.27. The van der Waals surface area contributed by atoms with Gasteiger partial charge in [0.15, 0.2) is 0 Å². The van der Waals surface area contributed by atoms with Crippen molar-refractivity contribution in [3.8, 4) is 5.75 Å². The average Bonchev–Trinajstić information content (AvgIpc) is 2.17. The van der Waals surface area contributed by atoms with Crippen molar-refractivity contribution in [2.45, 2.75) is 25.7 Å². The molecule has 0 spiro atoms. The molecular weight excluding hydrogens is 150 g/mol. The number of rotatable bonds is 1. The quantitative estimate of drug-likeness (QED) is 0.631. The highest BCUT2D eigenvalue weighted by Gasteiger charge is 2.13. The minimum absolute atomic E-state index is 1.01. The van der Waals surface area contributed by atoms with Crippen molar-refractivity contribution >= 4 is 0 Å². The minimum Gasteiger partial charge on any atom is -0.496 e. The topological polar surface area (TPSA) is 22.1 Å². The van der Waals surface area contributed by atoms with E-state index in [0.29, 0.717) is 0 Å². The maximum absolute atomic E-state index is 5.27. The summed E-state index contributed by atoms with van der Waals surface area (Å²) in [6.45, 7) is 0. The molecule has 12 heavy (non-hydrogen) atoms. The highest BCUT2D eigenvalue weighted by molar-refractivity contribution is 5.37. The number of fused-ring (bicyclic) bond motifs is 1. The fourth-order valence-electron chi connectivity index (χ4n) is 1.78. The molecule has 1 aromatic heterocycles. The van der Waals surface area contributed by atoms with Crippen LogP contribution >= 0.6 is 0 Å². The summed E-state index contributed by atoms with van der Waals surface area (Å²) in [4.78, 5) is 4.35. The van der Waals surface area contributed by atoms with Gasteiger partial charge in [-0.15, -0.1) is 0 Å². The Bertz CT molecular complexity index is 269. The summed E-state index contributed by atoms with van der Waals surface area (Å²) in [7, 11) is 1.73. The lowest BCUT2D eigenvalue weighted by Gasteiger charge is -2.16. The van der Waals surface area contributed by atoms with Crippen LogP contribution in [0.3, 0.4) is 0 Å². The summed E-state index contributed by atoms with van der Waals surface area (Å²) in [5.41, 5.74) is 2.56. The Labute approximate surface area is 72.6 Å². The molecule has 0 atom stereocenters. The Kier molecular flexibility index (Phi) is 1.98. The van der Waals surface area contributed by atoms with E-state index in [1.807, 2.05) is 12.3 Å². The lowest BCUT2D eigenvalue weighted by Crippen LogP contribution is -2.06. The summed E-state index contributed by atoms with van der Waals surface area (Å²) >= 11 is 0. The molecular formula is C10H13NO. The van der Waals surface area contributed by atoms with E-state index in [0.717, 1.165) is 18.6 Å². The van der Waals surface area contributed by atoms with Crippen molar-refractivity contribution < 1.29 is 4.74 Å². The van der Waals surface area contributed by atoms with Crippen LogP contribution in [0, 0.1) is 0 Å². The van der Waals surface area contributed by atoms with Gasteiger partial charge in [0.2, 0.25) is 0 Å². The Hall–Kier alpha value is -1.05. The van der Waals surface area contributed by atoms with Gasteiger partial charge in [-0.25, -0.2) is 0 Å². The van der Waals surface area contributed by atoms with Crippen molar-refractivity contribution in [3.63, 3.8) is 0 Å². The molecule has 0 fully saturated rings. The first kappa shape index (κ1) is 7.59. The second-order valence-electron chi connectivity index (χ2n) is 3.15. The number of hydrogen-bond donors (Lipinski definition) is 0. The van der Waals surface area contributed by atoms with E-state index in [1.54, 1.807) is 7.11 Å². The molecule has 2 heteroatoms. The van der Waals surface area contributed by atoms with Crippen LogP contribution in [0.2, 0.25) is 0 Å². The maximum Gasteiger partial charge on any atom is 0.125 e. The second kappa shape index (κ2) is 3.13. The van der Waals surface area contributed by atoms with Crippen LogP contribution in [0.5, 0.6) is 5.75 Å². The molecule has 0 saturated heterocycles. The average molecular weight is 163 g/mol. The SMILES string of the molecule is COc1ccnc2c1CCCC2. The van der Waals surface area contributed by atoms with E-state index in [2.05, 4.69) is 4.98 Å². The van der Waals surface area contributed by atoms with E-state index in [-0.39, 0.29) is 0 Å². The van der Waals surface area contributed by atoms with E-state index in [9.17, 15) is 0 Å². The first-order chi connectivity index (χ1) is 5.92. The number of nitrogens with zero attached hydrogens (tertiary/aromatic N) is 1. The fourth-order valence-corrected chi connectivity index (χ4v) is 1.78. The summed E-state index contributed by atoms with van der Waals surface area (Å²) in [6, 6.07) is 1.95. The van der Waals surface area contributed by atoms with E-state index in [4.69, 9.17) is 4.74 Å².